The molecule has 0 aromatic carbocycles. The van der Waals surface area contributed by atoms with Crippen LogP contribution >= 0.6 is 12.4 Å². The van der Waals surface area contributed by atoms with Crippen LogP contribution in [0.15, 0.2) is 24.5 Å². The van der Waals surface area contributed by atoms with Gasteiger partial charge < -0.3 is 21.1 Å². The van der Waals surface area contributed by atoms with E-state index < -0.39 is 0 Å². The molecule has 0 unspecified atom stereocenters. The predicted molar refractivity (Wildman–Crippen MR) is 81.2 cm³/mol. The average molecular weight is 299 g/mol. The minimum absolute atomic E-state index is 0. The van der Waals surface area contributed by atoms with Crippen LogP contribution in [0.3, 0.4) is 0 Å². The molecule has 110 valence electrons. The number of pyridine rings is 1. The molecule has 0 aliphatic carbocycles. The van der Waals surface area contributed by atoms with Crippen LogP contribution in [0.4, 0.5) is 5.69 Å². The van der Waals surface area contributed by atoms with Crippen LogP contribution < -0.4 is 10.6 Å². The van der Waals surface area contributed by atoms with Crippen LogP contribution in [-0.4, -0.2) is 34.4 Å². The third kappa shape index (κ3) is 3.27. The quantitative estimate of drug-likeness (QED) is 0.773. The highest BCUT2D eigenvalue weighted by Crippen LogP contribution is 2.22. The normalized spacial score (nSPS) is 15.2. The van der Waals surface area contributed by atoms with Gasteiger partial charge in [0.1, 0.15) is 5.65 Å². The summed E-state index contributed by atoms with van der Waals surface area (Å²) >= 11 is 0. The van der Waals surface area contributed by atoms with E-state index >= 15 is 0 Å². The number of fused-ring (bicyclic) bond motifs is 1. The molecule has 0 saturated carbocycles. The lowest BCUT2D eigenvalue weighted by molar-refractivity contribution is -0.120. The first kappa shape index (κ1) is 16.4. The zero-order valence-corrected chi connectivity index (χ0v) is 11.8. The number of nitrogens with one attached hydrogen (secondary N) is 3. The Morgan fingerprint density at radius 2 is 2.05 bits per heavy atom. The van der Waals surface area contributed by atoms with E-state index in [4.69, 9.17) is 0 Å². The molecule has 0 spiro atoms. The lowest BCUT2D eigenvalue weighted by Crippen LogP contribution is -2.34. The summed E-state index contributed by atoms with van der Waals surface area (Å²) in [5.74, 6) is 0.235. The fraction of sp³-hybridized carbons (Fsp3) is 0.385. The Bertz CT molecular complexity index is 566. The summed E-state index contributed by atoms with van der Waals surface area (Å²) in [5, 5.41) is 7.24. The van der Waals surface area contributed by atoms with Crippen molar-refractivity contribution in [3.05, 3.63) is 24.5 Å². The fourth-order valence-corrected chi connectivity index (χ4v) is 2.39. The van der Waals surface area contributed by atoms with Crippen LogP contribution in [0.5, 0.6) is 0 Å². The number of hydrogen-bond acceptors (Lipinski definition) is 3. The number of H-pyrrole nitrogens is 1. The molecule has 0 bridgehead atoms. The third-order valence-electron chi connectivity index (χ3n) is 3.43. The van der Waals surface area contributed by atoms with E-state index in [0.29, 0.717) is 0 Å². The van der Waals surface area contributed by atoms with Gasteiger partial charge in [-0.2, -0.15) is 0 Å². The van der Waals surface area contributed by atoms with Crippen LogP contribution in [0, 0.1) is 5.92 Å². The number of aromatic nitrogens is 2. The highest BCUT2D eigenvalue weighted by molar-refractivity contribution is 6.00. The second kappa shape index (κ2) is 7.23. The second-order valence-corrected chi connectivity index (χ2v) is 4.61. The van der Waals surface area contributed by atoms with E-state index in [1.54, 1.807) is 6.20 Å². The molecule has 7 heteroatoms. The molecule has 1 saturated heterocycles. The molecule has 3 heterocycles. The molecular formula is C13H19ClN4O2. The largest absolute Gasteiger partial charge is 0.412 e. The summed E-state index contributed by atoms with van der Waals surface area (Å²) in [7, 11) is 0. The van der Waals surface area contributed by atoms with Crippen molar-refractivity contribution in [2.75, 3.05) is 18.4 Å². The minimum Gasteiger partial charge on any atom is -0.412 e. The number of piperidine rings is 1. The van der Waals surface area contributed by atoms with Gasteiger partial charge in [-0.15, -0.1) is 12.4 Å². The zero-order valence-electron chi connectivity index (χ0n) is 11.0. The van der Waals surface area contributed by atoms with Crippen molar-refractivity contribution in [3.8, 4) is 0 Å². The molecule has 1 aliphatic rings. The summed E-state index contributed by atoms with van der Waals surface area (Å²) in [6.45, 7) is 1.85. The van der Waals surface area contributed by atoms with Gasteiger partial charge in [-0.05, 0) is 38.1 Å². The van der Waals surface area contributed by atoms with Gasteiger partial charge in [0.05, 0.1) is 5.69 Å². The van der Waals surface area contributed by atoms with Gasteiger partial charge in [-0.3, -0.25) is 4.79 Å². The number of rotatable bonds is 2. The van der Waals surface area contributed by atoms with Crippen LogP contribution in [0.1, 0.15) is 12.8 Å². The number of amides is 1. The molecule has 0 atom stereocenters. The minimum atomic E-state index is 0. The lowest BCUT2D eigenvalue weighted by Gasteiger charge is -2.21. The highest BCUT2D eigenvalue weighted by Gasteiger charge is 2.21. The predicted octanol–water partition coefficient (Wildman–Crippen LogP) is 1.10. The Labute approximate surface area is 123 Å². The molecule has 1 amide bonds. The van der Waals surface area contributed by atoms with E-state index in [1.807, 2.05) is 18.3 Å². The van der Waals surface area contributed by atoms with Crippen molar-refractivity contribution in [2.24, 2.45) is 5.92 Å². The van der Waals surface area contributed by atoms with Crippen molar-refractivity contribution in [3.63, 3.8) is 0 Å². The highest BCUT2D eigenvalue weighted by atomic mass is 35.5. The number of anilines is 1. The molecule has 20 heavy (non-hydrogen) atoms. The summed E-state index contributed by atoms with van der Waals surface area (Å²) < 4.78 is 0. The molecule has 5 N–H and O–H groups in total. The Hall–Kier alpha value is -1.63. The molecule has 2 aromatic heterocycles. The summed E-state index contributed by atoms with van der Waals surface area (Å²) in [6, 6.07) is 3.77. The monoisotopic (exact) mass is 298 g/mol. The number of aromatic amines is 1. The molecule has 6 nitrogen and oxygen atoms in total. The fourth-order valence-electron chi connectivity index (χ4n) is 2.39. The van der Waals surface area contributed by atoms with E-state index in [1.165, 1.54) is 0 Å². The first-order valence-corrected chi connectivity index (χ1v) is 6.28. The third-order valence-corrected chi connectivity index (χ3v) is 3.43. The molecular weight excluding hydrogens is 280 g/mol. The van der Waals surface area contributed by atoms with Crippen molar-refractivity contribution in [1.29, 1.82) is 0 Å². The Kier molecular flexibility index (Phi) is 5.94. The zero-order chi connectivity index (χ0) is 12.4. The topological polar surface area (TPSA) is 101 Å². The van der Waals surface area contributed by atoms with E-state index in [0.717, 1.165) is 42.7 Å². The first-order valence-electron chi connectivity index (χ1n) is 6.28. The Morgan fingerprint density at radius 1 is 1.30 bits per heavy atom. The van der Waals surface area contributed by atoms with Gasteiger partial charge in [0.2, 0.25) is 5.91 Å². The smallest absolute Gasteiger partial charge is 0.227 e. The molecule has 2 aromatic rings. The van der Waals surface area contributed by atoms with Gasteiger partial charge in [0.15, 0.2) is 0 Å². The number of halogens is 1. The van der Waals surface area contributed by atoms with Gasteiger partial charge in [-0.25, -0.2) is 4.98 Å². The van der Waals surface area contributed by atoms with Crippen LogP contribution in [0.2, 0.25) is 0 Å². The van der Waals surface area contributed by atoms with Crippen molar-refractivity contribution < 1.29 is 10.3 Å². The van der Waals surface area contributed by atoms with Gasteiger partial charge in [0.25, 0.3) is 0 Å². The second-order valence-electron chi connectivity index (χ2n) is 4.61. The van der Waals surface area contributed by atoms with Crippen molar-refractivity contribution in [2.45, 2.75) is 12.8 Å². The molecule has 1 fully saturated rings. The number of carbonyl (C=O) groups is 1. The van der Waals surface area contributed by atoms with Gasteiger partial charge in [0, 0.05) is 23.7 Å². The molecule has 0 radical (unpaired) electrons. The van der Waals surface area contributed by atoms with Gasteiger partial charge >= 0.3 is 0 Å². The van der Waals surface area contributed by atoms with Crippen LogP contribution in [-0.2, 0) is 4.79 Å². The SMILES string of the molecule is Cl.O.O=C(Nc1ccnc2[nH]ccc12)C1CCNCC1. The first-order chi connectivity index (χ1) is 8.84. The van der Waals surface area contributed by atoms with Crippen LogP contribution in [0.25, 0.3) is 11.0 Å². The van der Waals surface area contributed by atoms with Gasteiger partial charge in [-0.1, -0.05) is 0 Å². The maximum Gasteiger partial charge on any atom is 0.227 e. The lowest BCUT2D eigenvalue weighted by atomic mass is 9.97. The van der Waals surface area contributed by atoms with E-state index in [2.05, 4.69) is 20.6 Å². The van der Waals surface area contributed by atoms with E-state index in [-0.39, 0.29) is 29.7 Å². The standard InChI is InChI=1S/C13H16N4O.ClH.H2O/c18-13(9-1-5-14-6-2-9)17-11-4-8-16-12-10(11)3-7-15-12;;/h3-4,7-9,14H,1-2,5-6H2,(H2,15,16,17,18);1H;1H2. The summed E-state index contributed by atoms with van der Waals surface area (Å²) in [6.07, 6.45) is 5.36. The average Bonchev–Trinajstić information content (AvgIpc) is 2.89. The maximum absolute atomic E-state index is 12.2. The Balaban J connectivity index is 0.000001000. The summed E-state index contributed by atoms with van der Waals surface area (Å²) in [4.78, 5) is 19.4. The van der Waals surface area contributed by atoms with Crippen molar-refractivity contribution >= 4 is 35.0 Å². The number of carbonyl (C=O) groups excluding carboxylic acids is 1. The number of nitrogens with zero attached hydrogens (tertiary/aromatic N) is 1. The summed E-state index contributed by atoms with van der Waals surface area (Å²) in [5.41, 5.74) is 1.64. The maximum atomic E-state index is 12.2. The Morgan fingerprint density at radius 3 is 2.80 bits per heavy atom. The molecule has 1 aliphatic heterocycles. The molecule has 3 rings (SSSR count). The van der Waals surface area contributed by atoms with Crippen molar-refractivity contribution in [1.82, 2.24) is 15.3 Å². The number of hydrogen-bond donors (Lipinski definition) is 3. The van der Waals surface area contributed by atoms with E-state index in [9.17, 15) is 4.79 Å².